The Bertz CT molecular complexity index is 1140. The molecule has 6 nitrogen and oxygen atoms in total. The number of ether oxygens (including phenoxy) is 1. The van der Waals surface area contributed by atoms with Crippen LogP contribution in [0.5, 0.6) is 0 Å². The molecule has 0 amide bonds. The van der Waals surface area contributed by atoms with Crippen LogP contribution in [0.15, 0.2) is 54.7 Å². The molecule has 1 aliphatic heterocycles. The van der Waals surface area contributed by atoms with Crippen LogP contribution >= 0.6 is 12.2 Å². The lowest BCUT2D eigenvalue weighted by Gasteiger charge is -2.29. The molecule has 3 aromatic rings. The smallest absolute Gasteiger partial charge is 0.305 e. The van der Waals surface area contributed by atoms with E-state index in [1.807, 2.05) is 30.5 Å². The Morgan fingerprint density at radius 3 is 2.48 bits per heavy atom. The van der Waals surface area contributed by atoms with Crippen molar-refractivity contribution in [3.63, 3.8) is 0 Å². The first kappa shape index (κ1) is 23.0. The van der Waals surface area contributed by atoms with Gasteiger partial charge in [-0.05, 0) is 69.2 Å². The van der Waals surface area contributed by atoms with Crippen molar-refractivity contribution in [3.05, 3.63) is 82.9 Å². The minimum atomic E-state index is -0.204. The van der Waals surface area contributed by atoms with Gasteiger partial charge in [-0.25, -0.2) is 0 Å². The summed E-state index contributed by atoms with van der Waals surface area (Å²) < 4.78 is 7.14. The molecule has 7 heteroatoms. The average Bonchev–Trinajstić information content (AvgIpc) is 3.27. The van der Waals surface area contributed by atoms with Crippen molar-refractivity contribution < 1.29 is 9.53 Å². The summed E-state index contributed by atoms with van der Waals surface area (Å²) in [6, 6.07) is 16.3. The minimum absolute atomic E-state index is 0.0336. The summed E-state index contributed by atoms with van der Waals surface area (Å²) in [4.78, 5) is 18.6. The third-order valence-corrected chi connectivity index (χ3v) is 6.88. The highest BCUT2D eigenvalue weighted by Gasteiger charge is 2.42. The van der Waals surface area contributed by atoms with E-state index in [1.165, 1.54) is 29.6 Å². The number of para-hydroxylation sites is 1. The van der Waals surface area contributed by atoms with Gasteiger partial charge in [0.15, 0.2) is 5.11 Å². The molecule has 1 fully saturated rings. The fourth-order valence-corrected chi connectivity index (χ4v) is 5.19. The lowest BCUT2D eigenvalue weighted by Crippen LogP contribution is -2.31. The van der Waals surface area contributed by atoms with Crippen LogP contribution in [0.3, 0.4) is 0 Å². The second-order valence-electron chi connectivity index (χ2n) is 8.38. The maximum absolute atomic E-state index is 11.7. The van der Waals surface area contributed by atoms with Gasteiger partial charge in [-0.15, -0.1) is 0 Å². The Balaban J connectivity index is 1.79. The van der Waals surface area contributed by atoms with Gasteiger partial charge in [-0.2, -0.15) is 0 Å². The van der Waals surface area contributed by atoms with Crippen molar-refractivity contribution in [3.8, 4) is 5.69 Å². The summed E-state index contributed by atoms with van der Waals surface area (Å²) in [5.41, 5.74) is 6.97. The molecule has 3 heterocycles. The van der Waals surface area contributed by atoms with Gasteiger partial charge >= 0.3 is 5.97 Å². The molecule has 0 aliphatic carbocycles. The normalized spacial score (nSPS) is 17.8. The van der Waals surface area contributed by atoms with Crippen LogP contribution in [-0.4, -0.2) is 39.2 Å². The summed E-state index contributed by atoms with van der Waals surface area (Å²) in [6.07, 6.45) is 2.84. The summed E-state index contributed by atoms with van der Waals surface area (Å²) in [5, 5.41) is 4.20. The summed E-state index contributed by atoms with van der Waals surface area (Å²) in [6.45, 7) is 7.17. The summed E-state index contributed by atoms with van der Waals surface area (Å²) in [5.74, 6) is -0.204. The number of esters is 1. The second kappa shape index (κ2) is 9.75. The Kier molecular flexibility index (Phi) is 6.79. The van der Waals surface area contributed by atoms with Crippen LogP contribution in [0.1, 0.15) is 53.1 Å². The average molecular weight is 463 g/mol. The third kappa shape index (κ3) is 4.37. The fourth-order valence-electron chi connectivity index (χ4n) is 4.86. The van der Waals surface area contributed by atoms with Gasteiger partial charge in [0, 0.05) is 41.8 Å². The summed E-state index contributed by atoms with van der Waals surface area (Å²) >= 11 is 5.79. The molecule has 0 spiro atoms. The standard InChI is InChI=1S/C26H30N4O2S/c1-17-18(2)30(20-11-6-5-7-12-20)19(3)23(17)25-24(21-13-8-9-15-27-21)28-26(33)29(25)16-10-14-22(31)32-4/h5-9,11-13,15,24-25H,10,14,16H2,1-4H3,(H,28,33)/t24-,25-/m0/s1. The van der Waals surface area contributed by atoms with E-state index in [0.29, 0.717) is 24.5 Å². The molecule has 33 heavy (non-hydrogen) atoms. The molecule has 172 valence electrons. The predicted molar refractivity (Wildman–Crippen MR) is 133 cm³/mol. The Morgan fingerprint density at radius 1 is 1.09 bits per heavy atom. The number of nitrogens with zero attached hydrogens (tertiary/aromatic N) is 3. The highest BCUT2D eigenvalue weighted by atomic mass is 32.1. The van der Waals surface area contributed by atoms with Crippen LogP contribution in [0, 0.1) is 20.8 Å². The lowest BCUT2D eigenvalue weighted by molar-refractivity contribution is -0.140. The predicted octanol–water partition coefficient (Wildman–Crippen LogP) is 4.72. The molecule has 1 saturated heterocycles. The molecule has 0 radical (unpaired) electrons. The number of carbonyl (C=O) groups excluding carboxylic acids is 1. The Morgan fingerprint density at radius 2 is 1.82 bits per heavy atom. The van der Waals surface area contributed by atoms with Crippen molar-refractivity contribution >= 4 is 23.3 Å². The fraction of sp³-hybridized carbons (Fsp3) is 0.346. The van der Waals surface area contributed by atoms with Crippen LogP contribution in [0.2, 0.25) is 0 Å². The number of benzene rings is 1. The number of methoxy groups -OCH3 is 1. The zero-order valence-corrected chi connectivity index (χ0v) is 20.4. The molecule has 1 N–H and O–H groups in total. The van der Waals surface area contributed by atoms with Crippen LogP contribution in [0.4, 0.5) is 0 Å². The van der Waals surface area contributed by atoms with E-state index >= 15 is 0 Å². The zero-order chi connectivity index (χ0) is 23.5. The number of pyridine rings is 1. The SMILES string of the molecule is COC(=O)CCCN1C(=S)N[C@@H](c2ccccn2)[C@@H]1c1c(C)c(C)n(-c2ccccc2)c1C. The molecule has 4 rings (SSSR count). The number of hydrogen-bond donors (Lipinski definition) is 1. The number of rotatable bonds is 7. The molecular weight excluding hydrogens is 432 g/mol. The number of hydrogen-bond acceptors (Lipinski definition) is 4. The van der Waals surface area contributed by atoms with Gasteiger partial charge in [-0.3, -0.25) is 9.78 Å². The third-order valence-electron chi connectivity index (χ3n) is 6.52. The number of aromatic nitrogens is 2. The molecule has 2 atom stereocenters. The van der Waals surface area contributed by atoms with E-state index in [1.54, 1.807) is 0 Å². The molecule has 1 aliphatic rings. The van der Waals surface area contributed by atoms with Crippen LogP contribution < -0.4 is 5.32 Å². The highest BCUT2D eigenvalue weighted by Crippen LogP contribution is 2.43. The zero-order valence-electron chi connectivity index (χ0n) is 19.5. The van der Waals surface area contributed by atoms with Gasteiger partial charge < -0.3 is 19.5 Å². The topological polar surface area (TPSA) is 59.4 Å². The second-order valence-corrected chi connectivity index (χ2v) is 8.77. The largest absolute Gasteiger partial charge is 0.469 e. The summed E-state index contributed by atoms with van der Waals surface area (Å²) in [7, 11) is 1.42. The molecule has 0 saturated carbocycles. The first-order chi connectivity index (χ1) is 15.9. The maximum atomic E-state index is 11.7. The molecule has 0 bridgehead atoms. The highest BCUT2D eigenvalue weighted by molar-refractivity contribution is 7.80. The number of thiocarbonyl (C=S) groups is 1. The quantitative estimate of drug-likeness (QED) is 0.405. The Labute approximate surface area is 200 Å². The van der Waals surface area contributed by atoms with E-state index in [-0.39, 0.29) is 18.1 Å². The van der Waals surface area contributed by atoms with E-state index in [0.717, 1.165) is 11.4 Å². The van der Waals surface area contributed by atoms with Crippen molar-refractivity contribution in [1.29, 1.82) is 0 Å². The van der Waals surface area contributed by atoms with E-state index in [2.05, 4.69) is 64.8 Å². The monoisotopic (exact) mass is 462 g/mol. The van der Waals surface area contributed by atoms with E-state index < -0.39 is 0 Å². The molecule has 1 aromatic carbocycles. The van der Waals surface area contributed by atoms with Crippen molar-refractivity contribution in [1.82, 2.24) is 19.8 Å². The van der Waals surface area contributed by atoms with Crippen molar-refractivity contribution in [2.75, 3.05) is 13.7 Å². The molecule has 2 aromatic heterocycles. The van der Waals surface area contributed by atoms with E-state index in [4.69, 9.17) is 17.0 Å². The Hall–Kier alpha value is -3.19. The first-order valence-electron chi connectivity index (χ1n) is 11.2. The molecular formula is C26H30N4O2S. The van der Waals surface area contributed by atoms with Gasteiger partial charge in [0.05, 0.1) is 24.9 Å². The minimum Gasteiger partial charge on any atom is -0.469 e. The van der Waals surface area contributed by atoms with Gasteiger partial charge in [0.25, 0.3) is 0 Å². The first-order valence-corrected chi connectivity index (χ1v) is 11.6. The van der Waals surface area contributed by atoms with Crippen LogP contribution in [-0.2, 0) is 9.53 Å². The van der Waals surface area contributed by atoms with E-state index in [9.17, 15) is 4.79 Å². The van der Waals surface area contributed by atoms with Crippen molar-refractivity contribution in [2.24, 2.45) is 0 Å². The molecule has 0 unspecified atom stereocenters. The van der Waals surface area contributed by atoms with Gasteiger partial charge in [0.2, 0.25) is 0 Å². The lowest BCUT2D eigenvalue weighted by atomic mass is 9.93. The number of carbonyl (C=O) groups is 1. The van der Waals surface area contributed by atoms with Crippen molar-refractivity contribution in [2.45, 2.75) is 45.7 Å². The maximum Gasteiger partial charge on any atom is 0.305 e. The van der Waals surface area contributed by atoms with Gasteiger partial charge in [0.1, 0.15) is 0 Å². The number of nitrogens with one attached hydrogen (secondary N) is 1. The van der Waals surface area contributed by atoms with Crippen LogP contribution in [0.25, 0.3) is 5.69 Å². The van der Waals surface area contributed by atoms with Gasteiger partial charge in [-0.1, -0.05) is 24.3 Å².